The second kappa shape index (κ2) is 4.05. The summed E-state index contributed by atoms with van der Waals surface area (Å²) in [7, 11) is 1.28. The van der Waals surface area contributed by atoms with Gasteiger partial charge in [0.25, 0.3) is 0 Å². The molecule has 6 heteroatoms. The number of nitrogens with two attached hydrogens (primary N) is 1. The Morgan fingerprint density at radius 1 is 1.31 bits per heavy atom. The van der Waals surface area contributed by atoms with Gasteiger partial charge < -0.3 is 10.5 Å². The Morgan fingerprint density at radius 3 is 2.62 bits per heavy atom. The Hall–Kier alpha value is -1.69. The molecule has 0 bridgehead atoms. The van der Waals surface area contributed by atoms with Crippen LogP contribution in [0.25, 0.3) is 10.6 Å². The first-order chi connectivity index (χ1) is 7.61. The van der Waals surface area contributed by atoms with E-state index in [-0.39, 0.29) is 17.1 Å². The number of halogens is 2. The zero-order valence-electron chi connectivity index (χ0n) is 8.33. The van der Waals surface area contributed by atoms with Crippen LogP contribution in [0.2, 0.25) is 0 Å². The van der Waals surface area contributed by atoms with Crippen molar-refractivity contribution in [1.82, 2.24) is 4.98 Å². The molecule has 0 aliphatic heterocycles. The lowest BCUT2D eigenvalue weighted by Crippen LogP contribution is -1.93. The minimum absolute atomic E-state index is 0.0833. The number of rotatable bonds is 2. The lowest BCUT2D eigenvalue weighted by atomic mass is 10.2. The monoisotopic (exact) mass is 242 g/mol. The van der Waals surface area contributed by atoms with E-state index in [1.54, 1.807) is 5.38 Å². The molecule has 0 amide bonds. The lowest BCUT2D eigenvalue weighted by Gasteiger charge is -2.04. The first-order valence-corrected chi connectivity index (χ1v) is 5.24. The molecule has 0 atom stereocenters. The predicted octanol–water partition coefficient (Wildman–Crippen LogP) is 2.68. The molecule has 1 heterocycles. The van der Waals surface area contributed by atoms with Gasteiger partial charge in [0.2, 0.25) is 0 Å². The molecular formula is C10H8F2N2OS. The summed E-state index contributed by atoms with van der Waals surface area (Å²) in [6.45, 7) is 0. The zero-order chi connectivity index (χ0) is 11.7. The average molecular weight is 242 g/mol. The van der Waals surface area contributed by atoms with Gasteiger partial charge in [-0.25, -0.2) is 13.8 Å². The summed E-state index contributed by atoms with van der Waals surface area (Å²) >= 11 is 1.16. The van der Waals surface area contributed by atoms with Crippen molar-refractivity contribution in [2.24, 2.45) is 0 Å². The van der Waals surface area contributed by atoms with Crippen LogP contribution in [0.4, 0.5) is 14.6 Å². The summed E-state index contributed by atoms with van der Waals surface area (Å²) in [6, 6.07) is 2.04. The van der Waals surface area contributed by atoms with Crippen molar-refractivity contribution in [3.8, 4) is 16.3 Å². The topological polar surface area (TPSA) is 48.1 Å². The van der Waals surface area contributed by atoms with Gasteiger partial charge in [0.05, 0.1) is 7.11 Å². The summed E-state index contributed by atoms with van der Waals surface area (Å²) < 4.78 is 31.6. The maximum Gasteiger partial charge on any atom is 0.165 e. The van der Waals surface area contributed by atoms with Gasteiger partial charge in [-0.2, -0.15) is 0 Å². The summed E-state index contributed by atoms with van der Waals surface area (Å²) in [4.78, 5) is 3.89. The molecule has 3 nitrogen and oxygen atoms in total. The number of hydrogen-bond acceptors (Lipinski definition) is 4. The van der Waals surface area contributed by atoms with Gasteiger partial charge in [-0.3, -0.25) is 0 Å². The molecule has 1 aromatic heterocycles. The van der Waals surface area contributed by atoms with Gasteiger partial charge in [0.1, 0.15) is 16.6 Å². The highest BCUT2D eigenvalue weighted by Crippen LogP contribution is 2.31. The van der Waals surface area contributed by atoms with E-state index < -0.39 is 11.6 Å². The van der Waals surface area contributed by atoms with Crippen LogP contribution in [-0.4, -0.2) is 12.1 Å². The van der Waals surface area contributed by atoms with Crippen LogP contribution >= 0.6 is 11.3 Å². The molecule has 2 aromatic rings. The van der Waals surface area contributed by atoms with E-state index in [2.05, 4.69) is 9.72 Å². The summed E-state index contributed by atoms with van der Waals surface area (Å²) in [6.07, 6.45) is 0. The third-order valence-electron chi connectivity index (χ3n) is 1.99. The number of aromatic nitrogens is 1. The molecule has 2 N–H and O–H groups in total. The molecule has 0 saturated carbocycles. The smallest absolute Gasteiger partial charge is 0.165 e. The van der Waals surface area contributed by atoms with Crippen LogP contribution in [0.15, 0.2) is 17.5 Å². The molecule has 0 aliphatic rings. The summed E-state index contributed by atoms with van der Waals surface area (Å²) in [5, 5.41) is 1.91. The maximum atomic E-state index is 13.6. The molecule has 84 valence electrons. The van der Waals surface area contributed by atoms with E-state index in [4.69, 9.17) is 5.73 Å². The normalized spacial score (nSPS) is 10.4. The first kappa shape index (κ1) is 10.8. The number of thiazole rings is 1. The molecule has 0 saturated heterocycles. The third-order valence-corrected chi connectivity index (χ3v) is 2.89. The van der Waals surface area contributed by atoms with Crippen molar-refractivity contribution in [2.75, 3.05) is 12.8 Å². The standard InChI is InChI=1S/C10H8F2N2OS/c1-15-8-3-6(11)5(2-7(8)12)10-14-9(13)4-16-10/h2-4H,13H2,1H3. The largest absolute Gasteiger partial charge is 0.494 e. The van der Waals surface area contributed by atoms with Gasteiger partial charge in [-0.15, -0.1) is 11.3 Å². The number of nitrogen functional groups attached to an aromatic ring is 1. The van der Waals surface area contributed by atoms with E-state index in [1.165, 1.54) is 7.11 Å². The maximum absolute atomic E-state index is 13.6. The van der Waals surface area contributed by atoms with Gasteiger partial charge in [0, 0.05) is 17.0 Å². The van der Waals surface area contributed by atoms with E-state index >= 15 is 0 Å². The fourth-order valence-electron chi connectivity index (χ4n) is 1.26. The van der Waals surface area contributed by atoms with Crippen molar-refractivity contribution in [3.05, 3.63) is 29.1 Å². The van der Waals surface area contributed by atoms with E-state index in [1.807, 2.05) is 0 Å². The first-order valence-electron chi connectivity index (χ1n) is 4.36. The predicted molar refractivity (Wildman–Crippen MR) is 58.4 cm³/mol. The number of nitrogens with zero attached hydrogens (tertiary/aromatic N) is 1. The lowest BCUT2D eigenvalue weighted by molar-refractivity contribution is 0.383. The van der Waals surface area contributed by atoms with Gasteiger partial charge >= 0.3 is 0 Å². The SMILES string of the molecule is COc1cc(F)c(-c2nc(N)cs2)cc1F. The van der Waals surface area contributed by atoms with Crippen LogP contribution < -0.4 is 10.5 Å². The molecule has 0 aliphatic carbocycles. The average Bonchev–Trinajstić information content (AvgIpc) is 2.67. The molecule has 16 heavy (non-hydrogen) atoms. The minimum Gasteiger partial charge on any atom is -0.494 e. The summed E-state index contributed by atoms with van der Waals surface area (Å²) in [5.41, 5.74) is 5.50. The highest BCUT2D eigenvalue weighted by molar-refractivity contribution is 7.13. The molecular weight excluding hydrogens is 234 g/mol. The van der Waals surface area contributed by atoms with Crippen LogP contribution in [-0.2, 0) is 0 Å². The number of methoxy groups -OCH3 is 1. The van der Waals surface area contributed by atoms with Crippen molar-refractivity contribution >= 4 is 17.2 Å². The van der Waals surface area contributed by atoms with E-state index in [0.29, 0.717) is 5.01 Å². The number of anilines is 1. The number of ether oxygens (including phenoxy) is 1. The van der Waals surface area contributed by atoms with Crippen LogP contribution in [0.1, 0.15) is 0 Å². The Morgan fingerprint density at radius 2 is 2.06 bits per heavy atom. The Bertz CT molecular complexity index is 528. The van der Waals surface area contributed by atoms with Crippen molar-refractivity contribution in [3.63, 3.8) is 0 Å². The van der Waals surface area contributed by atoms with E-state index in [9.17, 15) is 8.78 Å². The van der Waals surface area contributed by atoms with Crippen molar-refractivity contribution in [1.29, 1.82) is 0 Å². The molecule has 0 fully saturated rings. The van der Waals surface area contributed by atoms with Crippen molar-refractivity contribution in [2.45, 2.75) is 0 Å². The fourth-order valence-corrected chi connectivity index (χ4v) is 1.99. The Kier molecular flexibility index (Phi) is 2.74. The molecule has 0 spiro atoms. The summed E-state index contributed by atoms with van der Waals surface area (Å²) in [5.74, 6) is -1.07. The highest BCUT2D eigenvalue weighted by Gasteiger charge is 2.14. The molecule has 0 unspecified atom stereocenters. The second-order valence-electron chi connectivity index (χ2n) is 3.04. The number of benzene rings is 1. The zero-order valence-corrected chi connectivity index (χ0v) is 9.15. The quantitative estimate of drug-likeness (QED) is 0.880. The van der Waals surface area contributed by atoms with Gasteiger partial charge in [0.15, 0.2) is 11.6 Å². The van der Waals surface area contributed by atoms with Crippen LogP contribution in [0, 0.1) is 11.6 Å². The van der Waals surface area contributed by atoms with Crippen LogP contribution in [0.3, 0.4) is 0 Å². The minimum atomic E-state index is -0.632. The van der Waals surface area contributed by atoms with Gasteiger partial charge in [-0.1, -0.05) is 0 Å². The molecule has 0 radical (unpaired) electrons. The third kappa shape index (κ3) is 1.83. The van der Waals surface area contributed by atoms with Gasteiger partial charge in [-0.05, 0) is 6.07 Å². The van der Waals surface area contributed by atoms with E-state index in [0.717, 1.165) is 23.5 Å². The van der Waals surface area contributed by atoms with Crippen LogP contribution in [0.5, 0.6) is 5.75 Å². The molecule has 2 rings (SSSR count). The molecule has 1 aromatic carbocycles. The fraction of sp³-hybridized carbons (Fsp3) is 0.100. The van der Waals surface area contributed by atoms with Crippen molar-refractivity contribution < 1.29 is 13.5 Å². The number of hydrogen-bond donors (Lipinski definition) is 1. The highest BCUT2D eigenvalue weighted by atomic mass is 32.1. The Balaban J connectivity index is 2.54. The Labute approximate surface area is 94.5 Å². The second-order valence-corrected chi connectivity index (χ2v) is 3.90.